The summed E-state index contributed by atoms with van der Waals surface area (Å²) < 4.78 is 6.82. The molecule has 0 aliphatic heterocycles. The van der Waals surface area contributed by atoms with Gasteiger partial charge in [0.15, 0.2) is 11.6 Å². The van der Waals surface area contributed by atoms with Gasteiger partial charge in [0.05, 0.1) is 6.20 Å². The first-order valence-electron chi connectivity index (χ1n) is 3.90. The summed E-state index contributed by atoms with van der Waals surface area (Å²) in [6, 6.07) is 0.139. The van der Waals surface area contributed by atoms with Crippen molar-refractivity contribution in [3.8, 4) is 11.6 Å². The van der Waals surface area contributed by atoms with Gasteiger partial charge in [-0.15, -0.1) is 0 Å². The zero-order valence-corrected chi connectivity index (χ0v) is 7.14. The molecule has 0 saturated carbocycles. The Bertz CT molecular complexity index is 404. The summed E-state index contributed by atoms with van der Waals surface area (Å²) >= 11 is 0. The molecule has 2 rings (SSSR count). The highest BCUT2D eigenvalue weighted by atomic mass is 16.4. The molecule has 2 aromatic rings. The van der Waals surface area contributed by atoms with Crippen LogP contribution in [0.3, 0.4) is 0 Å². The normalized spacial score (nSPS) is 10.5. The fourth-order valence-corrected chi connectivity index (χ4v) is 1.08. The van der Waals surface area contributed by atoms with Gasteiger partial charge < -0.3 is 10.2 Å². The van der Waals surface area contributed by atoms with Gasteiger partial charge in [0, 0.05) is 6.54 Å². The number of hydrogen-bond donors (Lipinski definition) is 1. The molecule has 0 aliphatic rings. The first-order valence-corrected chi connectivity index (χ1v) is 3.90. The van der Waals surface area contributed by atoms with E-state index in [1.54, 1.807) is 4.68 Å². The van der Waals surface area contributed by atoms with Crippen molar-refractivity contribution in [2.45, 2.75) is 13.5 Å². The Labute approximate surface area is 74.4 Å². The summed E-state index contributed by atoms with van der Waals surface area (Å²) in [5, 5.41) is 4.00. The standard InChI is InChI=1S/C7H9N5O/c1-2-12-6(10-4-11-12)5-3-9-7(8)13-5/h3-4H,2H2,1H3,(H2,8,9). The van der Waals surface area contributed by atoms with Crippen molar-refractivity contribution in [3.05, 3.63) is 12.5 Å². The molecule has 2 aromatic heterocycles. The van der Waals surface area contributed by atoms with Gasteiger partial charge in [-0.2, -0.15) is 5.10 Å². The molecule has 0 unspecified atom stereocenters. The summed E-state index contributed by atoms with van der Waals surface area (Å²) in [7, 11) is 0. The summed E-state index contributed by atoms with van der Waals surface area (Å²) in [5.74, 6) is 1.18. The van der Waals surface area contributed by atoms with E-state index in [0.717, 1.165) is 6.54 Å². The van der Waals surface area contributed by atoms with Crippen LogP contribution in [0.2, 0.25) is 0 Å². The smallest absolute Gasteiger partial charge is 0.292 e. The zero-order valence-electron chi connectivity index (χ0n) is 7.14. The minimum absolute atomic E-state index is 0.139. The highest BCUT2D eigenvalue weighted by Crippen LogP contribution is 2.17. The van der Waals surface area contributed by atoms with Gasteiger partial charge in [0.1, 0.15) is 6.33 Å². The Kier molecular flexibility index (Phi) is 1.73. The number of nitrogen functional groups attached to an aromatic ring is 1. The molecule has 0 fully saturated rings. The molecule has 0 aromatic carbocycles. The van der Waals surface area contributed by atoms with E-state index in [2.05, 4.69) is 15.1 Å². The largest absolute Gasteiger partial charge is 0.420 e. The number of rotatable bonds is 2. The van der Waals surface area contributed by atoms with Crippen molar-refractivity contribution in [1.82, 2.24) is 19.7 Å². The fourth-order valence-electron chi connectivity index (χ4n) is 1.08. The number of aromatic nitrogens is 4. The second-order valence-corrected chi connectivity index (χ2v) is 2.46. The molecule has 13 heavy (non-hydrogen) atoms. The van der Waals surface area contributed by atoms with Crippen molar-refractivity contribution < 1.29 is 4.42 Å². The average molecular weight is 179 g/mol. The van der Waals surface area contributed by atoms with Crippen LogP contribution in [0.25, 0.3) is 11.6 Å². The molecule has 2 heterocycles. The minimum atomic E-state index is 0.139. The van der Waals surface area contributed by atoms with Gasteiger partial charge in [-0.05, 0) is 6.92 Å². The Balaban J connectivity index is 2.45. The third-order valence-electron chi connectivity index (χ3n) is 1.66. The van der Waals surface area contributed by atoms with Crippen LogP contribution in [0.4, 0.5) is 6.01 Å². The molecule has 0 amide bonds. The van der Waals surface area contributed by atoms with E-state index in [-0.39, 0.29) is 6.01 Å². The predicted molar refractivity (Wildman–Crippen MR) is 45.6 cm³/mol. The van der Waals surface area contributed by atoms with E-state index >= 15 is 0 Å². The van der Waals surface area contributed by atoms with Crippen LogP contribution in [0.15, 0.2) is 16.9 Å². The third-order valence-corrected chi connectivity index (χ3v) is 1.66. The molecule has 68 valence electrons. The topological polar surface area (TPSA) is 82.8 Å². The van der Waals surface area contributed by atoms with E-state index in [1.807, 2.05) is 6.92 Å². The first-order chi connectivity index (χ1) is 6.31. The number of nitrogens with zero attached hydrogens (tertiary/aromatic N) is 4. The second-order valence-electron chi connectivity index (χ2n) is 2.46. The molecular weight excluding hydrogens is 170 g/mol. The molecule has 6 nitrogen and oxygen atoms in total. The molecule has 0 aliphatic carbocycles. The SMILES string of the molecule is CCn1ncnc1-c1cnc(N)o1. The maximum Gasteiger partial charge on any atom is 0.292 e. The summed E-state index contributed by atoms with van der Waals surface area (Å²) in [6.45, 7) is 2.70. The van der Waals surface area contributed by atoms with Crippen LogP contribution in [-0.4, -0.2) is 19.7 Å². The maximum absolute atomic E-state index is 5.34. The van der Waals surface area contributed by atoms with Gasteiger partial charge in [-0.3, -0.25) is 0 Å². The van der Waals surface area contributed by atoms with Gasteiger partial charge in [-0.25, -0.2) is 14.6 Å². The van der Waals surface area contributed by atoms with Crippen molar-refractivity contribution in [2.75, 3.05) is 5.73 Å². The maximum atomic E-state index is 5.34. The number of nitrogens with two attached hydrogens (primary N) is 1. The predicted octanol–water partition coefficient (Wildman–Crippen LogP) is 0.535. The van der Waals surface area contributed by atoms with Crippen molar-refractivity contribution in [3.63, 3.8) is 0 Å². The number of anilines is 1. The van der Waals surface area contributed by atoms with Crippen molar-refractivity contribution in [1.29, 1.82) is 0 Å². The summed E-state index contributed by atoms with van der Waals surface area (Å²) in [5.41, 5.74) is 5.34. The first kappa shape index (κ1) is 7.78. The minimum Gasteiger partial charge on any atom is -0.420 e. The molecule has 0 saturated heterocycles. The number of oxazole rings is 1. The Morgan fingerprint density at radius 1 is 1.54 bits per heavy atom. The van der Waals surface area contributed by atoms with Gasteiger partial charge in [-0.1, -0.05) is 0 Å². The van der Waals surface area contributed by atoms with Gasteiger partial charge in [0.25, 0.3) is 6.01 Å². The van der Waals surface area contributed by atoms with Crippen molar-refractivity contribution in [2.24, 2.45) is 0 Å². The van der Waals surface area contributed by atoms with Crippen LogP contribution < -0.4 is 5.73 Å². The monoisotopic (exact) mass is 179 g/mol. The van der Waals surface area contributed by atoms with E-state index in [1.165, 1.54) is 12.5 Å². The molecule has 0 bridgehead atoms. The number of hydrogen-bond acceptors (Lipinski definition) is 5. The Hall–Kier alpha value is -1.85. The molecule has 0 radical (unpaired) electrons. The highest BCUT2D eigenvalue weighted by Gasteiger charge is 2.10. The Morgan fingerprint density at radius 2 is 2.38 bits per heavy atom. The van der Waals surface area contributed by atoms with Crippen LogP contribution in [0.1, 0.15) is 6.92 Å². The molecule has 2 N–H and O–H groups in total. The molecule has 0 spiro atoms. The second kappa shape index (κ2) is 2.89. The lowest BCUT2D eigenvalue weighted by Crippen LogP contribution is -1.98. The lowest BCUT2D eigenvalue weighted by Gasteiger charge is -1.97. The van der Waals surface area contributed by atoms with Gasteiger partial charge >= 0.3 is 0 Å². The van der Waals surface area contributed by atoms with Crippen LogP contribution in [0, 0.1) is 0 Å². The summed E-state index contributed by atoms with van der Waals surface area (Å²) in [4.78, 5) is 7.81. The van der Waals surface area contributed by atoms with Gasteiger partial charge in [0.2, 0.25) is 0 Å². The number of aryl methyl sites for hydroxylation is 1. The van der Waals surface area contributed by atoms with Crippen molar-refractivity contribution >= 4 is 6.01 Å². The lowest BCUT2D eigenvalue weighted by molar-refractivity contribution is 0.573. The molecular formula is C7H9N5O. The quantitative estimate of drug-likeness (QED) is 0.727. The fraction of sp³-hybridized carbons (Fsp3) is 0.286. The Morgan fingerprint density at radius 3 is 3.00 bits per heavy atom. The third kappa shape index (κ3) is 1.26. The molecule has 6 heteroatoms. The van der Waals surface area contributed by atoms with Crippen LogP contribution in [0.5, 0.6) is 0 Å². The average Bonchev–Trinajstić information content (AvgIpc) is 2.71. The van der Waals surface area contributed by atoms with E-state index in [0.29, 0.717) is 11.6 Å². The van der Waals surface area contributed by atoms with Crippen LogP contribution >= 0.6 is 0 Å². The summed E-state index contributed by atoms with van der Waals surface area (Å²) in [6.07, 6.45) is 3.00. The van der Waals surface area contributed by atoms with E-state index in [9.17, 15) is 0 Å². The van der Waals surface area contributed by atoms with E-state index < -0.39 is 0 Å². The lowest BCUT2D eigenvalue weighted by atomic mass is 10.5. The van der Waals surface area contributed by atoms with Crippen LogP contribution in [-0.2, 0) is 6.54 Å². The molecule has 0 atom stereocenters. The highest BCUT2D eigenvalue weighted by molar-refractivity contribution is 5.46. The zero-order chi connectivity index (χ0) is 9.26. The van der Waals surface area contributed by atoms with E-state index in [4.69, 9.17) is 10.2 Å².